The number of hydrogen-bond donors (Lipinski definition) is 1. The summed E-state index contributed by atoms with van der Waals surface area (Å²) in [6, 6.07) is 5.05. The number of ether oxygens (including phenoxy) is 1. The Bertz CT molecular complexity index is 338. The van der Waals surface area contributed by atoms with Gasteiger partial charge < -0.3 is 10.5 Å². The van der Waals surface area contributed by atoms with Crippen molar-refractivity contribution in [3.8, 4) is 0 Å². The van der Waals surface area contributed by atoms with Crippen molar-refractivity contribution >= 4 is 27.3 Å². The van der Waals surface area contributed by atoms with Crippen LogP contribution in [0, 0.1) is 0 Å². The van der Waals surface area contributed by atoms with Crippen LogP contribution in [0.5, 0.6) is 0 Å². The molecule has 0 bridgehead atoms. The normalized spacial score (nSPS) is 22.9. The van der Waals surface area contributed by atoms with Crippen molar-refractivity contribution < 1.29 is 4.74 Å². The van der Waals surface area contributed by atoms with Crippen LogP contribution in [0.2, 0.25) is 0 Å². The van der Waals surface area contributed by atoms with Crippen LogP contribution in [0.15, 0.2) is 15.9 Å². The second-order valence-electron chi connectivity index (χ2n) is 4.08. The van der Waals surface area contributed by atoms with Crippen molar-refractivity contribution in [3.63, 3.8) is 0 Å². The Balaban J connectivity index is 2.09. The Kier molecular flexibility index (Phi) is 4.38. The van der Waals surface area contributed by atoms with Crippen LogP contribution in [-0.2, 0) is 4.74 Å². The van der Waals surface area contributed by atoms with Crippen LogP contribution >= 0.6 is 27.3 Å². The van der Waals surface area contributed by atoms with Crippen LogP contribution in [0.1, 0.15) is 17.3 Å². The van der Waals surface area contributed by atoms with E-state index in [0.717, 1.165) is 23.4 Å². The Labute approximate surface area is 109 Å². The lowest BCUT2D eigenvalue weighted by molar-refractivity contribution is 0.136. The molecule has 0 aromatic carbocycles. The van der Waals surface area contributed by atoms with Gasteiger partial charge in [0.25, 0.3) is 0 Å². The fourth-order valence-corrected chi connectivity index (χ4v) is 3.68. The van der Waals surface area contributed by atoms with Gasteiger partial charge in [-0.2, -0.15) is 0 Å². The van der Waals surface area contributed by atoms with E-state index >= 15 is 0 Å². The molecule has 0 spiro atoms. The minimum atomic E-state index is 0.308. The first-order chi connectivity index (χ1) is 7.72. The molecule has 90 valence electrons. The van der Waals surface area contributed by atoms with Gasteiger partial charge in [0.2, 0.25) is 0 Å². The molecule has 1 fully saturated rings. The third-order valence-corrected chi connectivity index (χ3v) is 4.84. The van der Waals surface area contributed by atoms with Gasteiger partial charge in [-0.3, -0.25) is 4.90 Å². The van der Waals surface area contributed by atoms with Crippen LogP contribution < -0.4 is 5.73 Å². The van der Waals surface area contributed by atoms with Crippen molar-refractivity contribution in [2.45, 2.75) is 18.5 Å². The van der Waals surface area contributed by atoms with Gasteiger partial charge in [0.05, 0.1) is 16.4 Å². The van der Waals surface area contributed by atoms with Crippen molar-refractivity contribution in [2.75, 3.05) is 26.8 Å². The van der Waals surface area contributed by atoms with E-state index in [4.69, 9.17) is 10.5 Å². The van der Waals surface area contributed by atoms with Crippen LogP contribution in [0.3, 0.4) is 0 Å². The van der Waals surface area contributed by atoms with Crippen molar-refractivity contribution in [3.05, 3.63) is 20.8 Å². The molecule has 1 aromatic heterocycles. The number of likely N-dealkylation sites (N-methyl/N-ethyl adjacent to an activating group) is 1. The van der Waals surface area contributed by atoms with Gasteiger partial charge in [0.1, 0.15) is 0 Å². The van der Waals surface area contributed by atoms with Crippen molar-refractivity contribution in [2.24, 2.45) is 5.73 Å². The average Bonchev–Trinajstić information content (AvgIpc) is 2.90. The molecule has 1 saturated heterocycles. The summed E-state index contributed by atoms with van der Waals surface area (Å²) in [5.41, 5.74) is 5.89. The third kappa shape index (κ3) is 2.65. The standard InChI is InChI=1S/C11H17BrN2OS/c1-14(8-4-5-15-7-8)9(6-13)10-2-3-11(12)16-10/h2-3,8-9H,4-7,13H2,1H3. The first kappa shape index (κ1) is 12.5. The summed E-state index contributed by atoms with van der Waals surface area (Å²) < 4.78 is 6.59. The van der Waals surface area contributed by atoms with Gasteiger partial charge in [0, 0.05) is 24.1 Å². The molecule has 0 radical (unpaired) electrons. The van der Waals surface area contributed by atoms with Crippen LogP contribution in [0.25, 0.3) is 0 Å². The number of hydrogen-bond acceptors (Lipinski definition) is 4. The molecule has 0 aliphatic carbocycles. The topological polar surface area (TPSA) is 38.5 Å². The fraction of sp³-hybridized carbons (Fsp3) is 0.636. The molecule has 2 rings (SSSR count). The summed E-state index contributed by atoms with van der Waals surface area (Å²) in [6.45, 7) is 2.36. The van der Waals surface area contributed by atoms with E-state index in [-0.39, 0.29) is 0 Å². The summed E-state index contributed by atoms with van der Waals surface area (Å²) in [5.74, 6) is 0. The third-order valence-electron chi connectivity index (χ3n) is 3.12. The van der Waals surface area contributed by atoms with E-state index in [1.54, 1.807) is 11.3 Å². The van der Waals surface area contributed by atoms with E-state index in [1.807, 2.05) is 0 Å². The van der Waals surface area contributed by atoms with E-state index in [2.05, 4.69) is 40.0 Å². The maximum Gasteiger partial charge on any atom is 0.0702 e. The van der Waals surface area contributed by atoms with E-state index < -0.39 is 0 Å². The largest absolute Gasteiger partial charge is 0.380 e. The van der Waals surface area contributed by atoms with Gasteiger partial charge in [-0.1, -0.05) is 0 Å². The highest BCUT2D eigenvalue weighted by molar-refractivity contribution is 9.11. The minimum absolute atomic E-state index is 0.308. The summed E-state index contributed by atoms with van der Waals surface area (Å²) in [4.78, 5) is 3.68. The van der Waals surface area contributed by atoms with Gasteiger partial charge in [-0.05, 0) is 41.5 Å². The van der Waals surface area contributed by atoms with Gasteiger partial charge in [0.15, 0.2) is 0 Å². The molecule has 0 amide bonds. The maximum absolute atomic E-state index is 5.89. The molecule has 2 N–H and O–H groups in total. The van der Waals surface area contributed by atoms with Crippen LogP contribution in [0.4, 0.5) is 0 Å². The number of thiophene rings is 1. The zero-order valence-electron chi connectivity index (χ0n) is 9.36. The average molecular weight is 305 g/mol. The predicted octanol–water partition coefficient (Wildman–Crippen LogP) is 2.23. The predicted molar refractivity (Wildman–Crippen MR) is 70.8 cm³/mol. The first-order valence-corrected chi connectivity index (χ1v) is 7.08. The second-order valence-corrected chi connectivity index (χ2v) is 6.57. The molecular formula is C11H17BrN2OS. The summed E-state index contributed by atoms with van der Waals surface area (Å²) >= 11 is 5.26. The van der Waals surface area contributed by atoms with Gasteiger partial charge >= 0.3 is 0 Å². The van der Waals surface area contributed by atoms with E-state index in [1.165, 1.54) is 4.88 Å². The number of nitrogens with two attached hydrogens (primary N) is 1. The Hall–Kier alpha value is 0.0600. The Morgan fingerprint density at radius 2 is 2.50 bits per heavy atom. The highest BCUT2D eigenvalue weighted by Gasteiger charge is 2.27. The Morgan fingerprint density at radius 1 is 1.69 bits per heavy atom. The monoisotopic (exact) mass is 304 g/mol. The summed E-state index contributed by atoms with van der Waals surface area (Å²) in [7, 11) is 2.14. The Morgan fingerprint density at radius 3 is 3.00 bits per heavy atom. The molecule has 2 atom stereocenters. The zero-order chi connectivity index (χ0) is 11.5. The SMILES string of the molecule is CN(C1CCOC1)C(CN)c1ccc(Br)s1. The highest BCUT2D eigenvalue weighted by atomic mass is 79.9. The lowest BCUT2D eigenvalue weighted by atomic mass is 10.1. The quantitative estimate of drug-likeness (QED) is 0.927. The molecule has 1 aliphatic rings. The van der Waals surface area contributed by atoms with E-state index in [0.29, 0.717) is 18.6 Å². The summed E-state index contributed by atoms with van der Waals surface area (Å²) in [5, 5.41) is 0. The molecule has 1 aromatic rings. The van der Waals surface area contributed by atoms with Crippen molar-refractivity contribution in [1.82, 2.24) is 4.90 Å². The second kappa shape index (κ2) is 5.60. The number of nitrogens with zero attached hydrogens (tertiary/aromatic N) is 1. The molecular weight excluding hydrogens is 288 g/mol. The molecule has 1 aliphatic heterocycles. The lowest BCUT2D eigenvalue weighted by Gasteiger charge is -2.30. The molecule has 2 unspecified atom stereocenters. The molecule has 5 heteroatoms. The first-order valence-electron chi connectivity index (χ1n) is 5.47. The maximum atomic E-state index is 5.89. The molecule has 3 nitrogen and oxygen atoms in total. The fourth-order valence-electron chi connectivity index (χ4n) is 2.09. The van der Waals surface area contributed by atoms with E-state index in [9.17, 15) is 0 Å². The highest BCUT2D eigenvalue weighted by Crippen LogP contribution is 2.31. The lowest BCUT2D eigenvalue weighted by Crippen LogP contribution is -2.38. The summed E-state index contributed by atoms with van der Waals surface area (Å²) in [6.07, 6.45) is 1.11. The zero-order valence-corrected chi connectivity index (χ0v) is 11.8. The van der Waals surface area contributed by atoms with Crippen molar-refractivity contribution in [1.29, 1.82) is 0 Å². The molecule has 2 heterocycles. The van der Waals surface area contributed by atoms with Gasteiger partial charge in [-0.25, -0.2) is 0 Å². The molecule has 16 heavy (non-hydrogen) atoms. The number of halogens is 1. The van der Waals surface area contributed by atoms with Gasteiger partial charge in [-0.15, -0.1) is 11.3 Å². The number of rotatable bonds is 4. The van der Waals surface area contributed by atoms with Crippen LogP contribution in [-0.4, -0.2) is 37.7 Å². The minimum Gasteiger partial charge on any atom is -0.380 e. The smallest absolute Gasteiger partial charge is 0.0702 e. The molecule has 0 saturated carbocycles.